The summed E-state index contributed by atoms with van der Waals surface area (Å²) >= 11 is 0. The van der Waals surface area contributed by atoms with Gasteiger partial charge in [-0.15, -0.1) is 0 Å². The predicted octanol–water partition coefficient (Wildman–Crippen LogP) is 5.53. The second-order valence-electron chi connectivity index (χ2n) is 12.3. The van der Waals surface area contributed by atoms with Gasteiger partial charge in [-0.25, -0.2) is 4.98 Å². The number of benzene rings is 1. The van der Waals surface area contributed by atoms with Crippen molar-refractivity contribution in [3.63, 3.8) is 0 Å². The lowest BCUT2D eigenvalue weighted by Crippen LogP contribution is -2.58. The minimum absolute atomic E-state index is 0.0895. The zero-order chi connectivity index (χ0) is 26.9. The summed E-state index contributed by atoms with van der Waals surface area (Å²) in [6.07, 6.45) is 14.0. The molecule has 0 amide bonds. The van der Waals surface area contributed by atoms with Gasteiger partial charge in [-0.05, 0) is 75.8 Å². The van der Waals surface area contributed by atoms with Gasteiger partial charge in [0.15, 0.2) is 5.69 Å². The van der Waals surface area contributed by atoms with Crippen molar-refractivity contribution in [3.05, 3.63) is 40.3 Å². The van der Waals surface area contributed by atoms with Crippen molar-refractivity contribution in [2.45, 2.75) is 115 Å². The molecule has 6 atom stereocenters. The van der Waals surface area contributed by atoms with Crippen molar-refractivity contribution in [2.75, 3.05) is 6.61 Å². The second-order valence-corrected chi connectivity index (χ2v) is 12.3. The topological polar surface area (TPSA) is 97.0 Å². The number of rotatable bonds is 8. The van der Waals surface area contributed by atoms with Crippen LogP contribution >= 0.6 is 0 Å². The summed E-state index contributed by atoms with van der Waals surface area (Å²) in [6.45, 7) is 2.15. The fourth-order valence-corrected chi connectivity index (χ4v) is 8.42. The Morgan fingerprint density at radius 2 is 1.64 bits per heavy atom. The maximum Gasteiger partial charge on any atom is 0.303 e. The minimum atomic E-state index is -0.938. The number of aliphatic carboxylic acids is 1. The number of para-hydroxylation sites is 2. The van der Waals surface area contributed by atoms with Crippen LogP contribution in [0.3, 0.4) is 0 Å². The van der Waals surface area contributed by atoms with Crippen LogP contribution in [0.15, 0.2) is 34.2 Å². The van der Waals surface area contributed by atoms with Gasteiger partial charge in [-0.1, -0.05) is 43.0 Å². The smallest absolute Gasteiger partial charge is 0.303 e. The van der Waals surface area contributed by atoms with Gasteiger partial charge in [-0.3, -0.25) is 14.5 Å². The molecule has 2 saturated heterocycles. The Balaban J connectivity index is 1.35. The number of fused-ring (bicyclic) bond motifs is 5. The zero-order valence-electron chi connectivity index (χ0n) is 23.1. The standard InChI is InChI=1S/C31H42N4O4/c1-2-39-33-27(13-14-29(36)37)30-31(38)35(28-12-4-3-11-26(28)32-30)25-18-22-9-6-10-23(19-25)34(22)24-16-20-7-5-8-21(15-20)17-24/h3-4,11-12,20-25H,2,5-10,13-19H2,1H3,(H,36,37)/b33-27+/t20-,21+,22-,23+,24?,25?. The van der Waals surface area contributed by atoms with Crippen LogP contribution < -0.4 is 5.56 Å². The molecule has 0 spiro atoms. The van der Waals surface area contributed by atoms with Crippen LogP contribution in [0.5, 0.6) is 0 Å². The molecule has 4 fully saturated rings. The Hall–Kier alpha value is -2.74. The van der Waals surface area contributed by atoms with Crippen LogP contribution in [-0.2, 0) is 9.63 Å². The van der Waals surface area contributed by atoms with E-state index in [2.05, 4.69) is 10.1 Å². The first-order valence-electron chi connectivity index (χ1n) is 15.2. The highest BCUT2D eigenvalue weighted by Gasteiger charge is 2.45. The van der Waals surface area contributed by atoms with E-state index in [1.165, 1.54) is 57.8 Å². The number of hydrogen-bond acceptors (Lipinski definition) is 6. The molecule has 1 N–H and O–H groups in total. The number of oxime groups is 1. The van der Waals surface area contributed by atoms with E-state index in [9.17, 15) is 14.7 Å². The molecule has 4 aliphatic rings. The molecule has 4 bridgehead atoms. The molecule has 2 aromatic rings. The van der Waals surface area contributed by atoms with Crippen LogP contribution in [0.2, 0.25) is 0 Å². The zero-order valence-corrected chi connectivity index (χ0v) is 23.1. The lowest BCUT2D eigenvalue weighted by atomic mass is 9.68. The van der Waals surface area contributed by atoms with Gasteiger partial charge in [0.25, 0.3) is 5.56 Å². The molecular weight excluding hydrogens is 492 g/mol. The fraction of sp³-hybridized carbons (Fsp3) is 0.677. The van der Waals surface area contributed by atoms with Gasteiger partial charge in [0.05, 0.1) is 17.5 Å². The molecule has 8 heteroatoms. The van der Waals surface area contributed by atoms with Gasteiger partial charge in [0.1, 0.15) is 12.3 Å². The molecule has 8 nitrogen and oxygen atoms in total. The van der Waals surface area contributed by atoms with E-state index in [0.717, 1.165) is 35.7 Å². The van der Waals surface area contributed by atoms with E-state index >= 15 is 0 Å². The normalized spacial score (nSPS) is 31.3. The van der Waals surface area contributed by atoms with Crippen LogP contribution in [-0.4, -0.2) is 56.0 Å². The highest BCUT2D eigenvalue weighted by atomic mass is 16.6. The molecule has 1 aromatic carbocycles. The first kappa shape index (κ1) is 26.5. The summed E-state index contributed by atoms with van der Waals surface area (Å²) < 4.78 is 1.97. The number of aromatic nitrogens is 2. The van der Waals surface area contributed by atoms with Gasteiger partial charge < -0.3 is 14.5 Å². The number of hydrogen-bond donors (Lipinski definition) is 1. The molecule has 2 aliphatic heterocycles. The van der Waals surface area contributed by atoms with Crippen LogP contribution in [0.4, 0.5) is 0 Å². The first-order valence-corrected chi connectivity index (χ1v) is 15.2. The Labute approximate surface area is 230 Å². The quantitative estimate of drug-likeness (QED) is 0.353. The van der Waals surface area contributed by atoms with E-state index in [4.69, 9.17) is 9.82 Å². The fourth-order valence-electron chi connectivity index (χ4n) is 8.42. The minimum Gasteiger partial charge on any atom is -0.481 e. The Kier molecular flexibility index (Phi) is 7.74. The lowest BCUT2D eigenvalue weighted by molar-refractivity contribution is -0.136. The SMILES string of the molecule is CCO/N=C(\CCC(=O)O)c1nc2ccccc2n(C2C[C@H]3CCC[C@@H](C2)N3C2C[C@H]3CCC[C@@H](C2)C3)c1=O. The predicted molar refractivity (Wildman–Crippen MR) is 151 cm³/mol. The molecule has 2 saturated carbocycles. The Morgan fingerprint density at radius 1 is 0.949 bits per heavy atom. The monoisotopic (exact) mass is 534 g/mol. The Morgan fingerprint density at radius 3 is 2.33 bits per heavy atom. The van der Waals surface area contributed by atoms with Crippen molar-refractivity contribution >= 4 is 22.7 Å². The third-order valence-corrected chi connectivity index (χ3v) is 9.84. The van der Waals surface area contributed by atoms with Crippen molar-refractivity contribution in [3.8, 4) is 0 Å². The van der Waals surface area contributed by atoms with Crippen LogP contribution in [0.25, 0.3) is 11.0 Å². The summed E-state index contributed by atoms with van der Waals surface area (Å²) in [6, 6.07) is 9.64. The summed E-state index contributed by atoms with van der Waals surface area (Å²) in [5, 5.41) is 13.5. The maximum absolute atomic E-state index is 14.2. The summed E-state index contributed by atoms with van der Waals surface area (Å²) in [5.74, 6) is 0.876. The maximum atomic E-state index is 14.2. The largest absolute Gasteiger partial charge is 0.481 e. The molecular formula is C31H42N4O4. The molecule has 2 unspecified atom stereocenters. The van der Waals surface area contributed by atoms with E-state index in [1.807, 2.05) is 35.8 Å². The molecule has 39 heavy (non-hydrogen) atoms. The van der Waals surface area contributed by atoms with Gasteiger partial charge in [-0.2, -0.15) is 0 Å². The molecule has 6 rings (SSSR count). The average Bonchev–Trinajstić information content (AvgIpc) is 2.92. The van der Waals surface area contributed by atoms with Crippen molar-refractivity contribution in [1.82, 2.24) is 14.5 Å². The first-order chi connectivity index (χ1) is 19.0. The summed E-state index contributed by atoms with van der Waals surface area (Å²) in [4.78, 5) is 38.4. The van der Waals surface area contributed by atoms with Crippen molar-refractivity contribution in [2.24, 2.45) is 17.0 Å². The average molecular weight is 535 g/mol. The van der Waals surface area contributed by atoms with E-state index in [-0.39, 0.29) is 30.1 Å². The second kappa shape index (κ2) is 11.4. The number of piperidine rings is 2. The Bertz CT molecular complexity index is 1260. The van der Waals surface area contributed by atoms with Crippen LogP contribution in [0.1, 0.15) is 102 Å². The van der Waals surface area contributed by atoms with E-state index in [1.54, 1.807) is 0 Å². The van der Waals surface area contributed by atoms with E-state index in [0.29, 0.717) is 30.4 Å². The number of carbonyl (C=O) groups is 1. The lowest BCUT2D eigenvalue weighted by Gasteiger charge is -2.55. The molecule has 210 valence electrons. The van der Waals surface area contributed by atoms with Crippen LogP contribution in [0, 0.1) is 11.8 Å². The van der Waals surface area contributed by atoms with Crippen molar-refractivity contribution < 1.29 is 14.7 Å². The number of carboxylic acid groups (broad SMARTS) is 1. The summed E-state index contributed by atoms with van der Waals surface area (Å²) in [7, 11) is 0. The molecule has 2 aliphatic carbocycles. The van der Waals surface area contributed by atoms with E-state index < -0.39 is 5.97 Å². The molecule has 3 heterocycles. The number of nitrogens with zero attached hydrogens (tertiary/aromatic N) is 4. The molecule has 1 aromatic heterocycles. The number of carboxylic acids is 1. The molecule has 0 radical (unpaired) electrons. The van der Waals surface area contributed by atoms with Gasteiger partial charge in [0, 0.05) is 30.6 Å². The third kappa shape index (κ3) is 5.37. The summed E-state index contributed by atoms with van der Waals surface area (Å²) in [5.41, 5.74) is 1.94. The van der Waals surface area contributed by atoms with Crippen molar-refractivity contribution in [1.29, 1.82) is 0 Å². The third-order valence-electron chi connectivity index (χ3n) is 9.84. The van der Waals surface area contributed by atoms with Gasteiger partial charge in [0.2, 0.25) is 0 Å². The highest BCUT2D eigenvalue weighted by Crippen LogP contribution is 2.47. The highest BCUT2D eigenvalue weighted by molar-refractivity contribution is 6.00. The van der Waals surface area contributed by atoms with Gasteiger partial charge >= 0.3 is 5.97 Å².